The molecule has 0 bridgehead atoms. The molecule has 0 saturated carbocycles. The third kappa shape index (κ3) is 62.6. The molecule has 0 spiro atoms. The Morgan fingerprint density at radius 3 is 1.04 bits per heavy atom. The zero-order chi connectivity index (χ0) is 57.3. The van der Waals surface area contributed by atoms with Crippen molar-refractivity contribution in [3.63, 3.8) is 0 Å². The molecule has 0 radical (unpaired) electrons. The SMILES string of the molecule is c1c[nH]cn1.c1cc[nH]c1.c1ccccc1.c1ccncc1.c1ccnnc1.c1ccoc1.c1ccsc1.c1cn[nH]c1.c1cnccn1.c1cncnc1.c1cocn1.c1cscn1.c1nc[nH]n1.c1ncncn1.c1nnco1. The second-order valence-electron chi connectivity index (χ2n) is 12.3. The van der Waals surface area contributed by atoms with Crippen LogP contribution in [-0.2, 0) is 0 Å². The standard InChI is InChI=1S/C6H6.C5H5N.3C4H4N2.C4H5N.C4H4O.C4H4S.C3H3N3.2C3H4N2.C3H3NO.C3H3NS.C2H3N3.C2H2N2O/c2*1-2-4-6-5-3-1;1-2-6-4-3-5-1;1-2-5-4-6-3-1;1-2-4-6-5-3-1;3*1-2-4-5-3-1;1-4-2-6-3-5-1;1-2-5-3-4-1;1-2-4-5-3-1;2*1-2-5-3-4-1;1-3-2-5-4-1;1-3-4-2-5-1/h1-6H;1-5H;3*1-4H;1-5H;2*1-4H;1-3H;2*1-3H,(H,4,5);2*1-3H;1-2H,(H,3,4,5);1-2H. The summed E-state index contributed by atoms with van der Waals surface area (Å²) in [5.74, 6) is 0. The lowest BCUT2D eigenvalue weighted by Crippen LogP contribution is -1.73. The minimum Gasteiger partial charge on any atom is -0.473 e. The van der Waals surface area contributed by atoms with E-state index in [1.165, 1.54) is 63.4 Å². The lowest BCUT2D eigenvalue weighted by atomic mass is 10.4. The number of furan rings is 1. The van der Waals surface area contributed by atoms with E-state index in [0.29, 0.717) is 0 Å². The maximum atomic E-state index is 4.58. The quantitative estimate of drug-likeness (QED) is 0.110. The van der Waals surface area contributed by atoms with E-state index in [4.69, 9.17) is 0 Å². The van der Waals surface area contributed by atoms with Gasteiger partial charge in [0.2, 0.25) is 12.8 Å². The van der Waals surface area contributed by atoms with Crippen molar-refractivity contribution in [1.82, 2.24) is 111 Å². The normalized spacial score (nSPS) is 8.00. The number of H-pyrrole nitrogens is 4. The number of hydrogen-bond donors (Lipinski definition) is 4. The van der Waals surface area contributed by atoms with Crippen molar-refractivity contribution in [2.45, 2.75) is 0 Å². The maximum Gasteiger partial charge on any atom is 0.203 e. The molecule has 27 heteroatoms. The lowest BCUT2D eigenvalue weighted by molar-refractivity contribution is 0.553. The highest BCUT2D eigenvalue weighted by Gasteiger charge is 1.66. The number of thiophene rings is 1. The Morgan fingerprint density at radius 1 is 0.259 bits per heavy atom. The summed E-state index contributed by atoms with van der Waals surface area (Å²) in [6.07, 6.45) is 49.8. The first kappa shape index (κ1) is 67.4. The number of nitrogens with zero attached hydrogens (tertiary/aromatic N) is 18. The number of pyridine rings is 1. The monoisotopic (exact) mass is 1130 g/mol. The molecule has 0 aliphatic heterocycles. The van der Waals surface area contributed by atoms with Gasteiger partial charge in [0.15, 0.2) is 6.39 Å². The van der Waals surface area contributed by atoms with Gasteiger partial charge in [-0.3, -0.25) is 30.1 Å². The summed E-state index contributed by atoms with van der Waals surface area (Å²) in [6.45, 7) is 0. The van der Waals surface area contributed by atoms with Gasteiger partial charge < -0.3 is 23.2 Å². The predicted octanol–water partition coefficient (Wildman–Crippen LogP) is 10.6. The van der Waals surface area contributed by atoms with Crippen molar-refractivity contribution in [1.29, 1.82) is 0 Å². The van der Waals surface area contributed by atoms with E-state index in [9.17, 15) is 0 Å². The number of hydrogen-bond acceptors (Lipinski definition) is 23. The topological polar surface area (TPSA) is 335 Å². The molecule has 0 fully saturated rings. The molecular weight excluding hydrogens is 1070 g/mol. The molecule has 1 aromatic carbocycles. The number of aromatic nitrogens is 22. The van der Waals surface area contributed by atoms with Crippen LogP contribution in [0.5, 0.6) is 0 Å². The van der Waals surface area contributed by atoms with Crippen LogP contribution >= 0.6 is 22.7 Å². The highest BCUT2D eigenvalue weighted by molar-refractivity contribution is 7.07. The summed E-state index contributed by atoms with van der Waals surface area (Å²) in [5.41, 5.74) is 1.79. The second-order valence-corrected chi connectivity index (χ2v) is 13.8. The molecular formula is C54H58N22O3S2. The first-order valence-electron chi connectivity index (χ1n) is 23.0. The van der Waals surface area contributed by atoms with Gasteiger partial charge in [0.25, 0.3) is 0 Å². The summed E-state index contributed by atoms with van der Waals surface area (Å²) in [4.78, 5) is 49.4. The number of nitrogens with one attached hydrogen (secondary N) is 4. The van der Waals surface area contributed by atoms with Crippen LogP contribution in [0.2, 0.25) is 0 Å². The highest BCUT2D eigenvalue weighted by Crippen LogP contribution is 1.91. The Morgan fingerprint density at radius 2 is 0.852 bits per heavy atom. The highest BCUT2D eigenvalue weighted by atomic mass is 32.1. The largest absolute Gasteiger partial charge is 0.473 e. The van der Waals surface area contributed by atoms with Gasteiger partial charge in [0.05, 0.1) is 30.6 Å². The Hall–Kier alpha value is -11.6. The summed E-state index contributed by atoms with van der Waals surface area (Å²) in [5, 5.41) is 31.9. The van der Waals surface area contributed by atoms with Gasteiger partial charge >= 0.3 is 0 Å². The van der Waals surface area contributed by atoms with Gasteiger partial charge in [-0.15, -0.1) is 21.5 Å². The van der Waals surface area contributed by atoms with Gasteiger partial charge in [-0.2, -0.15) is 31.7 Å². The number of thiazole rings is 1. The average molecular weight is 1130 g/mol. The van der Waals surface area contributed by atoms with Crippen molar-refractivity contribution in [2.24, 2.45) is 0 Å². The van der Waals surface area contributed by atoms with Crippen LogP contribution in [-0.4, -0.2) is 111 Å². The molecule has 0 aliphatic carbocycles. The second kappa shape index (κ2) is 64.5. The van der Waals surface area contributed by atoms with Crippen LogP contribution in [0.3, 0.4) is 0 Å². The van der Waals surface area contributed by atoms with E-state index in [2.05, 4.69) is 124 Å². The molecule has 14 aromatic heterocycles. The molecule has 414 valence electrons. The number of aromatic amines is 4. The fraction of sp³-hybridized carbons (Fsp3) is 0. The molecule has 0 unspecified atom stereocenters. The molecule has 15 rings (SSSR count). The Balaban J connectivity index is 0.000000434. The number of rotatable bonds is 0. The lowest BCUT2D eigenvalue weighted by Gasteiger charge is -1.70. The third-order valence-electron chi connectivity index (χ3n) is 6.54. The Bertz CT molecular complexity index is 2080. The number of oxazole rings is 1. The van der Waals surface area contributed by atoms with Crippen LogP contribution in [0.25, 0.3) is 0 Å². The summed E-state index contributed by atoms with van der Waals surface area (Å²) in [7, 11) is 0. The van der Waals surface area contributed by atoms with E-state index in [0.717, 1.165) is 0 Å². The van der Waals surface area contributed by atoms with Gasteiger partial charge in [-0.1, -0.05) is 54.6 Å². The van der Waals surface area contributed by atoms with Gasteiger partial charge in [-0.25, -0.2) is 39.9 Å². The molecule has 0 atom stereocenters. The first-order chi connectivity index (χ1) is 40.5. The van der Waals surface area contributed by atoms with Gasteiger partial charge in [-0.05, 0) is 71.4 Å². The van der Waals surface area contributed by atoms with Crippen LogP contribution in [0, 0.1) is 0 Å². The van der Waals surface area contributed by atoms with Crippen LogP contribution in [0.15, 0.2) is 344 Å². The van der Waals surface area contributed by atoms with Crippen LogP contribution in [0.1, 0.15) is 0 Å². The summed E-state index contributed by atoms with van der Waals surface area (Å²) in [6, 6.07) is 36.6. The molecule has 0 saturated heterocycles. The van der Waals surface area contributed by atoms with Crippen molar-refractivity contribution in [3.8, 4) is 0 Å². The first-order valence-corrected chi connectivity index (χ1v) is 24.9. The zero-order valence-electron chi connectivity index (χ0n) is 43.3. The van der Waals surface area contributed by atoms with E-state index >= 15 is 0 Å². The summed E-state index contributed by atoms with van der Waals surface area (Å²) >= 11 is 3.31. The van der Waals surface area contributed by atoms with Crippen molar-refractivity contribution >= 4 is 22.7 Å². The minimum absolute atomic E-state index is 1.26. The fourth-order valence-electron chi connectivity index (χ4n) is 3.48. The van der Waals surface area contributed by atoms with Crippen LogP contribution < -0.4 is 0 Å². The van der Waals surface area contributed by atoms with Crippen molar-refractivity contribution < 1.29 is 13.3 Å². The molecule has 15 aromatic rings. The molecule has 0 amide bonds. The maximum absolute atomic E-state index is 4.58. The van der Waals surface area contributed by atoms with Crippen molar-refractivity contribution in [3.05, 3.63) is 331 Å². The van der Waals surface area contributed by atoms with E-state index in [1.54, 1.807) is 152 Å². The van der Waals surface area contributed by atoms with Gasteiger partial charge in [0, 0.05) is 111 Å². The molecule has 4 N–H and O–H groups in total. The predicted molar refractivity (Wildman–Crippen MR) is 307 cm³/mol. The van der Waals surface area contributed by atoms with E-state index in [1.807, 2.05) is 138 Å². The Labute approximate surface area is 475 Å². The average Bonchev–Trinajstić information content (AvgIpc) is 4.42. The zero-order valence-corrected chi connectivity index (χ0v) is 44.9. The number of benzene rings is 1. The van der Waals surface area contributed by atoms with Crippen LogP contribution in [0.4, 0.5) is 0 Å². The molecule has 25 nitrogen and oxygen atoms in total. The minimum atomic E-state index is 1.26. The summed E-state index contributed by atoms with van der Waals surface area (Å²) < 4.78 is 13.4. The van der Waals surface area contributed by atoms with E-state index < -0.39 is 0 Å². The molecule has 81 heavy (non-hydrogen) atoms. The van der Waals surface area contributed by atoms with E-state index in [-0.39, 0.29) is 0 Å². The third-order valence-corrected chi connectivity index (χ3v) is 7.69. The number of imidazole rings is 1. The smallest absolute Gasteiger partial charge is 0.203 e. The molecule has 14 heterocycles. The fourth-order valence-corrected chi connectivity index (χ4v) is 4.28. The van der Waals surface area contributed by atoms with Crippen molar-refractivity contribution in [2.75, 3.05) is 0 Å². The van der Waals surface area contributed by atoms with Gasteiger partial charge in [0.1, 0.15) is 44.2 Å². The molecule has 0 aliphatic rings. The Kier molecular flexibility index (Phi) is 53.7.